The van der Waals surface area contributed by atoms with Crippen LogP contribution in [0.3, 0.4) is 0 Å². The van der Waals surface area contributed by atoms with Gasteiger partial charge in [0.05, 0.1) is 0 Å². The van der Waals surface area contributed by atoms with Crippen LogP contribution in [0.5, 0.6) is 0 Å². The smallest absolute Gasteiger partial charge is 0.267 e. The van der Waals surface area contributed by atoms with Crippen LogP contribution in [0, 0.1) is 6.92 Å². The van der Waals surface area contributed by atoms with Gasteiger partial charge in [0.2, 0.25) is 5.91 Å². The fourth-order valence-electron chi connectivity index (χ4n) is 2.95. The molecule has 5 nitrogen and oxygen atoms in total. The summed E-state index contributed by atoms with van der Waals surface area (Å²) >= 11 is 1.90. The predicted molar refractivity (Wildman–Crippen MR) is 96.1 cm³/mol. The van der Waals surface area contributed by atoms with Crippen LogP contribution in [0.25, 0.3) is 0 Å². The maximum atomic E-state index is 12.5. The zero-order valence-electron chi connectivity index (χ0n) is 13.7. The van der Waals surface area contributed by atoms with E-state index in [9.17, 15) is 9.59 Å². The van der Waals surface area contributed by atoms with Crippen molar-refractivity contribution in [2.24, 2.45) is 0 Å². The number of rotatable bonds is 3. The highest BCUT2D eigenvalue weighted by Crippen LogP contribution is 2.35. The van der Waals surface area contributed by atoms with Gasteiger partial charge in [-0.1, -0.05) is 24.3 Å². The Morgan fingerprint density at radius 1 is 1.25 bits per heavy atom. The fraction of sp³-hybridized carbons (Fsp3) is 0.389. The van der Waals surface area contributed by atoms with Gasteiger partial charge in [0.15, 0.2) is 0 Å². The molecule has 1 aliphatic heterocycles. The second-order valence-corrected chi connectivity index (χ2v) is 7.22. The number of nitrogens with zero attached hydrogens (tertiary/aromatic N) is 3. The lowest BCUT2D eigenvalue weighted by atomic mass is 10.0. The number of carbonyl (C=O) groups is 1. The summed E-state index contributed by atoms with van der Waals surface area (Å²) in [6.45, 7) is 3.58. The van der Waals surface area contributed by atoms with E-state index in [4.69, 9.17) is 0 Å². The quantitative estimate of drug-likeness (QED) is 0.858. The third-order valence-electron chi connectivity index (χ3n) is 4.30. The maximum absolute atomic E-state index is 12.5. The molecular weight excluding hydrogens is 322 g/mol. The van der Waals surface area contributed by atoms with E-state index in [0.29, 0.717) is 18.3 Å². The summed E-state index contributed by atoms with van der Waals surface area (Å²) in [6.07, 6.45) is 2.46. The number of hydrogen-bond acceptors (Lipinski definition) is 4. The van der Waals surface area contributed by atoms with Crippen LogP contribution in [-0.2, 0) is 11.3 Å². The Bertz CT molecular complexity index is 775. The van der Waals surface area contributed by atoms with E-state index >= 15 is 0 Å². The third-order valence-corrected chi connectivity index (χ3v) is 5.61. The number of aromatic nitrogens is 2. The highest BCUT2D eigenvalue weighted by molar-refractivity contribution is 7.99. The van der Waals surface area contributed by atoms with Gasteiger partial charge in [-0.05, 0) is 30.5 Å². The molecule has 1 fully saturated rings. The van der Waals surface area contributed by atoms with Gasteiger partial charge in [0.1, 0.15) is 6.54 Å². The minimum absolute atomic E-state index is 0.0133. The van der Waals surface area contributed by atoms with Gasteiger partial charge in [-0.3, -0.25) is 9.59 Å². The van der Waals surface area contributed by atoms with Crippen molar-refractivity contribution in [2.75, 3.05) is 18.8 Å². The number of amides is 1. The van der Waals surface area contributed by atoms with E-state index in [0.717, 1.165) is 12.2 Å². The van der Waals surface area contributed by atoms with Gasteiger partial charge in [-0.2, -0.15) is 16.9 Å². The molecule has 3 rings (SSSR count). The lowest BCUT2D eigenvalue weighted by Crippen LogP contribution is -2.38. The molecule has 0 N–H and O–H groups in total. The molecular formula is C18H21N3O2S. The molecule has 0 radical (unpaired) electrons. The minimum atomic E-state index is -0.243. The molecule has 1 saturated heterocycles. The standard InChI is InChI=1S/C18H21N3O2S/c1-14-5-2-3-6-15(14)16-8-10-20(11-12-24-16)18(23)13-21-17(22)7-4-9-19-21/h2-7,9,16H,8,10-13H2,1H3. The molecule has 1 aromatic heterocycles. The Morgan fingerprint density at radius 2 is 2.08 bits per heavy atom. The van der Waals surface area contributed by atoms with Crippen molar-refractivity contribution in [1.29, 1.82) is 0 Å². The molecule has 1 aliphatic rings. The first-order valence-electron chi connectivity index (χ1n) is 8.12. The summed E-state index contributed by atoms with van der Waals surface area (Å²) in [4.78, 5) is 26.1. The van der Waals surface area contributed by atoms with Crippen molar-refractivity contribution in [3.63, 3.8) is 0 Å². The Labute approximate surface area is 145 Å². The van der Waals surface area contributed by atoms with Gasteiger partial charge < -0.3 is 4.90 Å². The fourth-order valence-corrected chi connectivity index (χ4v) is 4.28. The van der Waals surface area contributed by atoms with Crippen molar-refractivity contribution in [3.05, 3.63) is 64.1 Å². The Kier molecular flexibility index (Phi) is 5.35. The molecule has 2 heterocycles. The highest BCUT2D eigenvalue weighted by atomic mass is 32.2. The summed E-state index contributed by atoms with van der Waals surface area (Å²) in [6, 6.07) is 11.4. The molecule has 126 valence electrons. The average Bonchev–Trinajstić information content (AvgIpc) is 2.83. The van der Waals surface area contributed by atoms with E-state index in [1.165, 1.54) is 28.1 Å². The van der Waals surface area contributed by atoms with Crippen molar-refractivity contribution in [3.8, 4) is 0 Å². The Hall–Kier alpha value is -2.08. The number of benzene rings is 1. The van der Waals surface area contributed by atoms with Gasteiger partial charge >= 0.3 is 0 Å². The minimum Gasteiger partial charge on any atom is -0.340 e. The van der Waals surface area contributed by atoms with E-state index in [-0.39, 0.29) is 18.0 Å². The second-order valence-electron chi connectivity index (χ2n) is 5.91. The van der Waals surface area contributed by atoms with Crippen LogP contribution in [-0.4, -0.2) is 39.4 Å². The molecule has 2 aromatic rings. The zero-order valence-corrected chi connectivity index (χ0v) is 14.5. The third kappa shape index (κ3) is 3.87. The van der Waals surface area contributed by atoms with Crippen molar-refractivity contribution in [1.82, 2.24) is 14.7 Å². The van der Waals surface area contributed by atoms with Gasteiger partial charge in [0, 0.05) is 36.4 Å². The first-order valence-corrected chi connectivity index (χ1v) is 9.17. The zero-order chi connectivity index (χ0) is 16.9. The molecule has 0 spiro atoms. The van der Waals surface area contributed by atoms with E-state index in [2.05, 4.69) is 36.3 Å². The SMILES string of the molecule is Cc1ccccc1C1CCN(C(=O)Cn2ncccc2=O)CCS1. The van der Waals surface area contributed by atoms with Gasteiger partial charge in [0.25, 0.3) is 5.56 Å². The summed E-state index contributed by atoms with van der Waals surface area (Å²) in [5, 5.41) is 4.38. The molecule has 1 unspecified atom stereocenters. The van der Waals surface area contributed by atoms with E-state index in [1.54, 1.807) is 6.07 Å². The molecule has 0 saturated carbocycles. The van der Waals surface area contributed by atoms with E-state index in [1.807, 2.05) is 16.7 Å². The van der Waals surface area contributed by atoms with Crippen LogP contribution >= 0.6 is 11.8 Å². The topological polar surface area (TPSA) is 55.2 Å². The van der Waals surface area contributed by atoms with Crippen LogP contribution in [0.4, 0.5) is 0 Å². The highest BCUT2D eigenvalue weighted by Gasteiger charge is 2.23. The Balaban J connectivity index is 1.65. The number of hydrogen-bond donors (Lipinski definition) is 0. The van der Waals surface area contributed by atoms with Crippen molar-refractivity contribution in [2.45, 2.75) is 25.1 Å². The average molecular weight is 343 g/mol. The van der Waals surface area contributed by atoms with Crippen LogP contribution in [0.2, 0.25) is 0 Å². The van der Waals surface area contributed by atoms with Crippen LogP contribution in [0.15, 0.2) is 47.4 Å². The maximum Gasteiger partial charge on any atom is 0.267 e. The summed E-state index contributed by atoms with van der Waals surface area (Å²) in [5.74, 6) is 0.865. The second kappa shape index (κ2) is 7.66. The van der Waals surface area contributed by atoms with E-state index < -0.39 is 0 Å². The van der Waals surface area contributed by atoms with Gasteiger partial charge in [-0.15, -0.1) is 0 Å². The largest absolute Gasteiger partial charge is 0.340 e. The molecule has 0 aliphatic carbocycles. The lowest BCUT2D eigenvalue weighted by Gasteiger charge is -2.20. The summed E-state index contributed by atoms with van der Waals surface area (Å²) in [5.41, 5.74) is 2.42. The summed E-state index contributed by atoms with van der Waals surface area (Å²) < 4.78 is 1.22. The Morgan fingerprint density at radius 3 is 2.88 bits per heavy atom. The molecule has 1 amide bonds. The number of aryl methyl sites for hydroxylation is 1. The monoisotopic (exact) mass is 343 g/mol. The van der Waals surface area contributed by atoms with Crippen molar-refractivity contribution < 1.29 is 4.79 Å². The summed E-state index contributed by atoms with van der Waals surface area (Å²) in [7, 11) is 0. The normalized spacial score (nSPS) is 18.2. The molecule has 24 heavy (non-hydrogen) atoms. The van der Waals surface area contributed by atoms with Crippen molar-refractivity contribution >= 4 is 17.7 Å². The number of thioether (sulfide) groups is 1. The van der Waals surface area contributed by atoms with Crippen LogP contribution < -0.4 is 5.56 Å². The predicted octanol–water partition coefficient (Wildman–Crippen LogP) is 2.26. The first-order chi connectivity index (χ1) is 11.6. The molecule has 1 atom stereocenters. The molecule has 0 bridgehead atoms. The first kappa shape index (κ1) is 16.8. The van der Waals surface area contributed by atoms with Crippen LogP contribution in [0.1, 0.15) is 22.8 Å². The molecule has 6 heteroatoms. The number of carbonyl (C=O) groups excluding carboxylic acids is 1. The lowest BCUT2D eigenvalue weighted by molar-refractivity contribution is -0.131. The van der Waals surface area contributed by atoms with Gasteiger partial charge in [-0.25, -0.2) is 4.68 Å². The molecule has 1 aromatic carbocycles.